The minimum absolute atomic E-state index is 0.0159. The summed E-state index contributed by atoms with van der Waals surface area (Å²) in [5.74, 6) is 0.405. The second kappa shape index (κ2) is 10.8. The highest BCUT2D eigenvalue weighted by Gasteiger charge is 2.20. The fourth-order valence-corrected chi connectivity index (χ4v) is 5.33. The Balaban J connectivity index is 1.60. The quantitative estimate of drug-likeness (QED) is 0.400. The Morgan fingerprint density at radius 3 is 2.59 bits per heavy atom. The van der Waals surface area contributed by atoms with E-state index >= 15 is 0 Å². The van der Waals surface area contributed by atoms with Gasteiger partial charge in [-0.1, -0.05) is 41.9 Å². The highest BCUT2D eigenvalue weighted by atomic mass is 35.5. The van der Waals surface area contributed by atoms with Crippen LogP contribution in [0, 0.1) is 12.7 Å². The first-order chi connectivity index (χ1) is 15.3. The van der Waals surface area contributed by atoms with Crippen LogP contribution in [0.1, 0.15) is 21.5 Å². The van der Waals surface area contributed by atoms with Crippen molar-refractivity contribution >= 4 is 45.0 Å². The molecule has 3 aromatic rings. The summed E-state index contributed by atoms with van der Waals surface area (Å²) >= 11 is 7.60. The summed E-state index contributed by atoms with van der Waals surface area (Å²) in [4.78, 5) is 12.3. The molecular formula is C23H22ClFN2O3S2. The predicted octanol–water partition coefficient (Wildman–Crippen LogP) is 5.25. The average molecular weight is 493 g/mol. The Morgan fingerprint density at radius 2 is 1.84 bits per heavy atom. The molecule has 5 nitrogen and oxygen atoms in total. The standard InChI is InChI=1S/C23H22ClFN2O3S2/c1-16-5-4-7-19(13-16)27-32(29,30)22-14-17(9-10-20(22)24)23(28)26-11-12-31-15-18-6-2-3-8-21(18)25/h2-10,13-14,27H,11-12,15H2,1H3,(H,26,28). The molecule has 0 saturated carbocycles. The number of aryl methyl sites for hydroxylation is 1. The fourth-order valence-electron chi connectivity index (χ4n) is 2.91. The van der Waals surface area contributed by atoms with Crippen molar-refractivity contribution in [2.24, 2.45) is 0 Å². The Kier molecular flexibility index (Phi) is 8.17. The van der Waals surface area contributed by atoms with Gasteiger partial charge < -0.3 is 5.32 Å². The molecule has 0 heterocycles. The fraction of sp³-hybridized carbons (Fsp3) is 0.174. The van der Waals surface area contributed by atoms with Crippen LogP contribution in [0.3, 0.4) is 0 Å². The molecule has 168 valence electrons. The van der Waals surface area contributed by atoms with Gasteiger partial charge in [-0.15, -0.1) is 0 Å². The third-order valence-electron chi connectivity index (χ3n) is 4.50. The molecule has 1 amide bonds. The van der Waals surface area contributed by atoms with Crippen molar-refractivity contribution < 1.29 is 17.6 Å². The number of hydrogen-bond donors (Lipinski definition) is 2. The Labute approximate surface area is 196 Å². The molecule has 2 N–H and O–H groups in total. The molecule has 0 bridgehead atoms. The van der Waals surface area contributed by atoms with Gasteiger partial charge in [-0.2, -0.15) is 11.8 Å². The van der Waals surface area contributed by atoms with E-state index < -0.39 is 15.9 Å². The first-order valence-electron chi connectivity index (χ1n) is 9.74. The minimum Gasteiger partial charge on any atom is -0.351 e. The SMILES string of the molecule is Cc1cccc(NS(=O)(=O)c2cc(C(=O)NCCSCc3ccccc3F)ccc2Cl)c1. The zero-order chi connectivity index (χ0) is 23.1. The summed E-state index contributed by atoms with van der Waals surface area (Å²) in [6.07, 6.45) is 0. The van der Waals surface area contributed by atoms with Crippen LogP contribution in [0.25, 0.3) is 0 Å². The van der Waals surface area contributed by atoms with Crippen molar-refractivity contribution in [2.75, 3.05) is 17.0 Å². The summed E-state index contributed by atoms with van der Waals surface area (Å²) in [5, 5.41) is 2.76. The number of carbonyl (C=O) groups excluding carboxylic acids is 1. The number of thioether (sulfide) groups is 1. The van der Waals surface area contributed by atoms with E-state index in [1.807, 2.05) is 13.0 Å². The van der Waals surface area contributed by atoms with E-state index in [0.29, 0.717) is 29.3 Å². The van der Waals surface area contributed by atoms with Crippen molar-refractivity contribution in [1.82, 2.24) is 5.32 Å². The van der Waals surface area contributed by atoms with Crippen LogP contribution < -0.4 is 10.0 Å². The van der Waals surface area contributed by atoms with Gasteiger partial charge in [-0.05, 0) is 54.4 Å². The number of hydrogen-bond acceptors (Lipinski definition) is 4. The van der Waals surface area contributed by atoms with Crippen LogP contribution in [0.2, 0.25) is 5.02 Å². The molecule has 0 aliphatic carbocycles. The third kappa shape index (κ3) is 6.48. The van der Waals surface area contributed by atoms with Crippen molar-refractivity contribution in [1.29, 1.82) is 0 Å². The maximum atomic E-state index is 13.6. The second-order valence-corrected chi connectivity index (χ2v) is 10.2. The highest BCUT2D eigenvalue weighted by molar-refractivity contribution is 7.98. The molecule has 0 aliphatic rings. The molecule has 3 rings (SSSR count). The van der Waals surface area contributed by atoms with Gasteiger partial charge in [0.1, 0.15) is 10.7 Å². The van der Waals surface area contributed by atoms with Gasteiger partial charge in [0.15, 0.2) is 0 Å². The lowest BCUT2D eigenvalue weighted by Gasteiger charge is -2.12. The van der Waals surface area contributed by atoms with Gasteiger partial charge in [0.2, 0.25) is 0 Å². The van der Waals surface area contributed by atoms with Gasteiger partial charge in [-0.3, -0.25) is 9.52 Å². The number of nitrogens with one attached hydrogen (secondary N) is 2. The summed E-state index contributed by atoms with van der Waals surface area (Å²) in [6.45, 7) is 2.20. The maximum absolute atomic E-state index is 13.6. The molecule has 3 aromatic carbocycles. The van der Waals surface area contributed by atoms with Gasteiger partial charge >= 0.3 is 0 Å². The zero-order valence-corrected chi connectivity index (χ0v) is 19.7. The molecule has 0 fully saturated rings. The lowest BCUT2D eigenvalue weighted by Crippen LogP contribution is -2.26. The molecule has 0 atom stereocenters. The summed E-state index contributed by atoms with van der Waals surface area (Å²) in [5.41, 5.74) is 2.09. The number of carbonyl (C=O) groups is 1. The molecule has 0 saturated heterocycles. The van der Waals surface area contributed by atoms with E-state index in [1.165, 1.54) is 36.0 Å². The minimum atomic E-state index is -3.98. The van der Waals surface area contributed by atoms with Crippen LogP contribution in [-0.4, -0.2) is 26.6 Å². The highest BCUT2D eigenvalue weighted by Crippen LogP contribution is 2.25. The molecule has 0 unspecified atom stereocenters. The van der Waals surface area contributed by atoms with Gasteiger partial charge in [-0.25, -0.2) is 12.8 Å². The van der Waals surface area contributed by atoms with E-state index in [0.717, 1.165) is 5.56 Å². The average Bonchev–Trinajstić information content (AvgIpc) is 2.74. The number of benzene rings is 3. The van der Waals surface area contributed by atoms with Crippen LogP contribution in [0.15, 0.2) is 71.6 Å². The Bertz CT molecular complexity index is 1220. The number of rotatable bonds is 9. The normalized spacial score (nSPS) is 11.2. The lowest BCUT2D eigenvalue weighted by molar-refractivity contribution is 0.0956. The van der Waals surface area contributed by atoms with Crippen molar-refractivity contribution in [2.45, 2.75) is 17.6 Å². The van der Waals surface area contributed by atoms with Crippen LogP contribution >= 0.6 is 23.4 Å². The van der Waals surface area contributed by atoms with Gasteiger partial charge in [0.25, 0.3) is 15.9 Å². The molecule has 0 aliphatic heterocycles. The zero-order valence-electron chi connectivity index (χ0n) is 17.3. The largest absolute Gasteiger partial charge is 0.351 e. The molecular weight excluding hydrogens is 471 g/mol. The van der Waals surface area contributed by atoms with E-state index in [4.69, 9.17) is 11.6 Å². The third-order valence-corrected chi connectivity index (χ3v) is 7.37. The first-order valence-corrected chi connectivity index (χ1v) is 12.8. The molecule has 0 aromatic heterocycles. The van der Waals surface area contributed by atoms with Crippen LogP contribution in [-0.2, 0) is 15.8 Å². The monoisotopic (exact) mass is 492 g/mol. The molecule has 0 spiro atoms. The van der Waals surface area contributed by atoms with E-state index in [9.17, 15) is 17.6 Å². The smallest absolute Gasteiger partial charge is 0.263 e. The number of halogens is 2. The Morgan fingerprint density at radius 1 is 1.06 bits per heavy atom. The number of anilines is 1. The summed E-state index contributed by atoms with van der Waals surface area (Å²) < 4.78 is 41.7. The van der Waals surface area contributed by atoms with E-state index in [-0.39, 0.29) is 21.3 Å². The van der Waals surface area contributed by atoms with Crippen LogP contribution in [0.5, 0.6) is 0 Å². The van der Waals surface area contributed by atoms with E-state index in [1.54, 1.807) is 36.4 Å². The maximum Gasteiger partial charge on any atom is 0.263 e. The Hall–Kier alpha value is -2.55. The summed E-state index contributed by atoms with van der Waals surface area (Å²) in [7, 11) is -3.98. The lowest BCUT2D eigenvalue weighted by atomic mass is 10.2. The molecule has 32 heavy (non-hydrogen) atoms. The first kappa shape index (κ1) is 24.1. The van der Waals surface area contributed by atoms with Crippen molar-refractivity contribution in [3.05, 3.63) is 94.3 Å². The van der Waals surface area contributed by atoms with Gasteiger partial charge in [0, 0.05) is 29.3 Å². The summed E-state index contributed by atoms with van der Waals surface area (Å²) in [6, 6.07) is 17.6. The van der Waals surface area contributed by atoms with E-state index in [2.05, 4.69) is 10.0 Å². The topological polar surface area (TPSA) is 75.3 Å². The molecule has 9 heteroatoms. The van der Waals surface area contributed by atoms with Gasteiger partial charge in [0.05, 0.1) is 5.02 Å². The predicted molar refractivity (Wildman–Crippen MR) is 128 cm³/mol. The number of sulfonamides is 1. The van der Waals surface area contributed by atoms with Crippen molar-refractivity contribution in [3.8, 4) is 0 Å². The number of amides is 1. The van der Waals surface area contributed by atoms with Crippen molar-refractivity contribution in [3.63, 3.8) is 0 Å². The molecule has 0 radical (unpaired) electrons. The van der Waals surface area contributed by atoms with Crippen LogP contribution in [0.4, 0.5) is 10.1 Å². The second-order valence-electron chi connectivity index (χ2n) is 7.02.